The highest BCUT2D eigenvalue weighted by molar-refractivity contribution is 5.03. The highest BCUT2D eigenvalue weighted by Gasteiger charge is 2.45. The summed E-state index contributed by atoms with van der Waals surface area (Å²) in [6.07, 6.45) is -2.19. The topological polar surface area (TPSA) is 140 Å². The van der Waals surface area contributed by atoms with Crippen molar-refractivity contribution in [1.82, 2.24) is 9.55 Å². The molecule has 118 valence electrons. The number of hydrogen-bond acceptors (Lipinski definition) is 7. The van der Waals surface area contributed by atoms with Crippen LogP contribution in [0.1, 0.15) is 11.8 Å². The summed E-state index contributed by atoms with van der Waals surface area (Å²) in [5.41, 5.74) is 4.68. The van der Waals surface area contributed by atoms with E-state index in [-0.39, 0.29) is 19.8 Å². The number of aromatic amines is 1. The fourth-order valence-electron chi connectivity index (χ4n) is 2.28. The van der Waals surface area contributed by atoms with Gasteiger partial charge in [-0.3, -0.25) is 14.3 Å². The molecule has 4 atom stereocenters. The molecule has 0 bridgehead atoms. The largest absolute Gasteiger partial charge is 0.394 e. The first-order chi connectivity index (χ1) is 9.99. The molecule has 1 aromatic rings. The molecule has 0 saturated carbocycles. The zero-order chi connectivity index (χ0) is 15.6. The van der Waals surface area contributed by atoms with E-state index in [4.69, 9.17) is 20.3 Å². The lowest BCUT2D eigenvalue weighted by molar-refractivity contribution is -0.0766. The van der Waals surface area contributed by atoms with Gasteiger partial charge >= 0.3 is 5.69 Å². The molecule has 21 heavy (non-hydrogen) atoms. The summed E-state index contributed by atoms with van der Waals surface area (Å²) in [5, 5.41) is 19.0. The number of aliphatic hydroxyl groups is 2. The van der Waals surface area contributed by atoms with Crippen molar-refractivity contribution in [2.75, 3.05) is 19.8 Å². The maximum Gasteiger partial charge on any atom is 0.330 e. The van der Waals surface area contributed by atoms with Crippen LogP contribution >= 0.6 is 0 Å². The molecule has 0 radical (unpaired) electrons. The van der Waals surface area contributed by atoms with Crippen molar-refractivity contribution < 1.29 is 19.7 Å². The number of hydrogen-bond donors (Lipinski definition) is 4. The van der Waals surface area contributed by atoms with Gasteiger partial charge in [-0.05, 0) is 6.92 Å². The van der Waals surface area contributed by atoms with Crippen LogP contribution in [0.3, 0.4) is 0 Å². The van der Waals surface area contributed by atoms with Crippen molar-refractivity contribution in [3.05, 3.63) is 32.6 Å². The Morgan fingerprint density at radius 2 is 2.24 bits per heavy atom. The SMILES string of the molecule is Cc1cn([C@@H]2O[C@H](CN)[C@@H](O)[C@H]2OCCO)c(=O)[nH]c1=O. The minimum atomic E-state index is -1.04. The molecule has 0 aromatic carbocycles. The molecule has 0 unspecified atom stereocenters. The first-order valence-electron chi connectivity index (χ1n) is 6.57. The van der Waals surface area contributed by atoms with Gasteiger partial charge in [0.15, 0.2) is 6.23 Å². The van der Waals surface area contributed by atoms with E-state index in [0.29, 0.717) is 5.56 Å². The van der Waals surface area contributed by atoms with Crippen molar-refractivity contribution in [3.8, 4) is 0 Å². The first kappa shape index (κ1) is 15.9. The average molecular weight is 301 g/mol. The molecule has 1 aliphatic heterocycles. The van der Waals surface area contributed by atoms with Crippen molar-refractivity contribution in [3.63, 3.8) is 0 Å². The highest BCUT2D eigenvalue weighted by atomic mass is 16.6. The summed E-state index contributed by atoms with van der Waals surface area (Å²) in [6.45, 7) is 1.34. The molecule has 0 amide bonds. The first-order valence-corrected chi connectivity index (χ1v) is 6.57. The number of nitrogens with zero attached hydrogens (tertiary/aromatic N) is 1. The van der Waals surface area contributed by atoms with Crippen LogP contribution in [0.4, 0.5) is 0 Å². The van der Waals surface area contributed by atoms with Gasteiger partial charge in [0.05, 0.1) is 13.2 Å². The van der Waals surface area contributed by atoms with Crippen LogP contribution in [0.15, 0.2) is 15.8 Å². The second kappa shape index (κ2) is 6.50. The molecule has 9 nitrogen and oxygen atoms in total. The van der Waals surface area contributed by atoms with E-state index in [1.165, 1.54) is 6.20 Å². The normalized spacial score (nSPS) is 29.0. The summed E-state index contributed by atoms with van der Waals surface area (Å²) < 4.78 is 12.1. The zero-order valence-electron chi connectivity index (χ0n) is 11.6. The maximum absolute atomic E-state index is 11.9. The van der Waals surface area contributed by atoms with Crippen LogP contribution in [-0.2, 0) is 9.47 Å². The monoisotopic (exact) mass is 301 g/mol. The van der Waals surface area contributed by atoms with Gasteiger partial charge in [0, 0.05) is 18.3 Å². The Morgan fingerprint density at radius 1 is 1.52 bits per heavy atom. The van der Waals surface area contributed by atoms with Gasteiger partial charge < -0.3 is 25.4 Å². The highest BCUT2D eigenvalue weighted by Crippen LogP contribution is 2.30. The standard InChI is InChI=1S/C12H19N3O6/c1-6-5-15(12(19)14-10(6)18)11-9(20-3-2-16)8(17)7(4-13)21-11/h5,7-9,11,16-17H,2-4,13H2,1H3,(H,14,18,19)/t7-,8-,9-,11-/m1/s1. The average Bonchev–Trinajstić information content (AvgIpc) is 2.77. The van der Waals surface area contributed by atoms with Gasteiger partial charge in [-0.25, -0.2) is 4.79 Å². The Morgan fingerprint density at radius 3 is 2.86 bits per heavy atom. The van der Waals surface area contributed by atoms with Gasteiger partial charge in [0.25, 0.3) is 5.56 Å². The zero-order valence-corrected chi connectivity index (χ0v) is 11.6. The molecule has 0 aliphatic carbocycles. The van der Waals surface area contributed by atoms with E-state index in [9.17, 15) is 14.7 Å². The molecule has 0 spiro atoms. The molecular formula is C12H19N3O6. The summed E-state index contributed by atoms with van der Waals surface area (Å²) in [5.74, 6) is 0. The quantitative estimate of drug-likeness (QED) is 0.469. The lowest BCUT2D eigenvalue weighted by atomic mass is 10.1. The minimum Gasteiger partial charge on any atom is -0.394 e. The predicted molar refractivity (Wildman–Crippen MR) is 71.9 cm³/mol. The Balaban J connectivity index is 2.37. The van der Waals surface area contributed by atoms with Crippen molar-refractivity contribution in [2.24, 2.45) is 5.73 Å². The van der Waals surface area contributed by atoms with E-state index < -0.39 is 35.8 Å². The smallest absolute Gasteiger partial charge is 0.330 e. The number of nitrogens with two attached hydrogens (primary N) is 1. The van der Waals surface area contributed by atoms with Gasteiger partial charge in [-0.2, -0.15) is 0 Å². The van der Waals surface area contributed by atoms with Crippen LogP contribution in [0.25, 0.3) is 0 Å². The Labute approximate surface area is 119 Å². The summed E-state index contributed by atoms with van der Waals surface area (Å²) in [6, 6.07) is 0. The van der Waals surface area contributed by atoms with Crippen LogP contribution in [0.5, 0.6) is 0 Å². The number of aryl methyl sites for hydroxylation is 1. The Kier molecular flexibility index (Phi) is 4.91. The number of aromatic nitrogens is 2. The van der Waals surface area contributed by atoms with Crippen LogP contribution < -0.4 is 17.0 Å². The summed E-state index contributed by atoms with van der Waals surface area (Å²) >= 11 is 0. The molecule has 1 fully saturated rings. The van der Waals surface area contributed by atoms with Crippen molar-refractivity contribution >= 4 is 0 Å². The van der Waals surface area contributed by atoms with Crippen LogP contribution in [0, 0.1) is 6.92 Å². The molecule has 2 heterocycles. The number of rotatable bonds is 5. The number of ether oxygens (including phenoxy) is 2. The molecule has 5 N–H and O–H groups in total. The molecule has 9 heteroatoms. The fraction of sp³-hybridized carbons (Fsp3) is 0.667. The van der Waals surface area contributed by atoms with Gasteiger partial charge in [-0.1, -0.05) is 0 Å². The Bertz CT molecular complexity index is 597. The van der Waals surface area contributed by atoms with E-state index in [1.807, 2.05) is 0 Å². The van der Waals surface area contributed by atoms with Crippen LogP contribution in [0.2, 0.25) is 0 Å². The minimum absolute atomic E-state index is 0.0179. The van der Waals surface area contributed by atoms with Gasteiger partial charge in [-0.15, -0.1) is 0 Å². The second-order valence-electron chi connectivity index (χ2n) is 4.83. The third-order valence-corrected chi connectivity index (χ3v) is 3.37. The molecule has 1 aromatic heterocycles. The van der Waals surface area contributed by atoms with E-state index in [2.05, 4.69) is 4.98 Å². The van der Waals surface area contributed by atoms with Crippen molar-refractivity contribution in [1.29, 1.82) is 0 Å². The predicted octanol–water partition coefficient (Wildman–Crippen LogP) is -2.56. The summed E-state index contributed by atoms with van der Waals surface area (Å²) in [7, 11) is 0. The molecule has 2 rings (SSSR count). The molecule has 1 aliphatic rings. The van der Waals surface area contributed by atoms with Crippen LogP contribution in [-0.4, -0.2) is 57.8 Å². The summed E-state index contributed by atoms with van der Waals surface area (Å²) in [4.78, 5) is 25.5. The third-order valence-electron chi connectivity index (χ3n) is 3.37. The number of nitrogens with one attached hydrogen (secondary N) is 1. The molecule has 1 saturated heterocycles. The lowest BCUT2D eigenvalue weighted by Gasteiger charge is -2.22. The Hall–Kier alpha value is -1.52. The molecular weight excluding hydrogens is 282 g/mol. The number of aliphatic hydroxyl groups excluding tert-OH is 2. The second-order valence-corrected chi connectivity index (χ2v) is 4.83. The van der Waals surface area contributed by atoms with E-state index in [0.717, 1.165) is 4.57 Å². The van der Waals surface area contributed by atoms with E-state index in [1.54, 1.807) is 6.92 Å². The van der Waals surface area contributed by atoms with Gasteiger partial charge in [0.2, 0.25) is 0 Å². The van der Waals surface area contributed by atoms with E-state index >= 15 is 0 Å². The fourth-order valence-corrected chi connectivity index (χ4v) is 2.28. The lowest BCUT2D eigenvalue weighted by Crippen LogP contribution is -2.40. The maximum atomic E-state index is 11.9. The van der Waals surface area contributed by atoms with Crippen molar-refractivity contribution in [2.45, 2.75) is 31.5 Å². The number of H-pyrrole nitrogens is 1. The third kappa shape index (κ3) is 3.06. The van der Waals surface area contributed by atoms with Gasteiger partial charge in [0.1, 0.15) is 18.3 Å².